The first kappa shape index (κ1) is 23.7. The molecule has 2 aromatic heterocycles. The Bertz CT molecular complexity index is 1390. The van der Waals surface area contributed by atoms with E-state index in [-0.39, 0.29) is 5.56 Å². The number of benzene rings is 2. The molecule has 1 fully saturated rings. The van der Waals surface area contributed by atoms with Crippen LogP contribution in [0, 0.1) is 6.92 Å². The highest BCUT2D eigenvalue weighted by Gasteiger charge is 2.33. The Morgan fingerprint density at radius 2 is 1.75 bits per heavy atom. The van der Waals surface area contributed by atoms with E-state index in [0.717, 1.165) is 22.3 Å². The molecule has 0 aliphatic carbocycles. The number of aliphatic carboxylic acids is 1. The van der Waals surface area contributed by atoms with Crippen LogP contribution in [0.1, 0.15) is 38.9 Å². The van der Waals surface area contributed by atoms with Crippen LogP contribution in [0.25, 0.3) is 10.9 Å². The van der Waals surface area contributed by atoms with E-state index in [1.165, 1.54) is 6.07 Å². The fraction of sp³-hybridized carbons (Fsp3) is 0.308. The highest BCUT2D eigenvalue weighted by Crippen LogP contribution is 2.32. The molecule has 10 heteroatoms. The summed E-state index contributed by atoms with van der Waals surface area (Å²) in [7, 11) is 0. The SMILES string of the molecule is Cc1nonc1CN1CCN([C@@H](C(=O)O)c2cn(Cc3ccccc3)c3cc(C(=O)O)ccc23)CC1. The summed E-state index contributed by atoms with van der Waals surface area (Å²) < 4.78 is 6.73. The third-order valence-corrected chi connectivity index (χ3v) is 6.78. The predicted octanol–water partition coefficient (Wildman–Crippen LogP) is 3.02. The Balaban J connectivity index is 1.45. The Morgan fingerprint density at radius 1 is 1.00 bits per heavy atom. The Hall–Kier alpha value is -4.02. The number of piperazine rings is 1. The van der Waals surface area contributed by atoms with E-state index < -0.39 is 18.0 Å². The molecule has 186 valence electrons. The van der Waals surface area contributed by atoms with Crippen molar-refractivity contribution < 1.29 is 24.4 Å². The van der Waals surface area contributed by atoms with Gasteiger partial charge in [0.15, 0.2) is 0 Å². The van der Waals surface area contributed by atoms with Crippen molar-refractivity contribution in [3.63, 3.8) is 0 Å². The first-order chi connectivity index (χ1) is 17.4. The number of carboxylic acid groups (broad SMARTS) is 2. The number of aryl methyl sites for hydroxylation is 1. The van der Waals surface area contributed by atoms with Crippen molar-refractivity contribution in [2.45, 2.75) is 26.1 Å². The number of rotatable bonds is 8. The van der Waals surface area contributed by atoms with Crippen molar-refractivity contribution in [3.05, 3.63) is 82.8 Å². The van der Waals surface area contributed by atoms with Crippen LogP contribution in [0.4, 0.5) is 0 Å². The van der Waals surface area contributed by atoms with E-state index >= 15 is 0 Å². The fourth-order valence-corrected chi connectivity index (χ4v) is 4.85. The lowest BCUT2D eigenvalue weighted by molar-refractivity contribution is -0.144. The van der Waals surface area contributed by atoms with Crippen LogP contribution in [-0.4, -0.2) is 73.0 Å². The molecule has 0 radical (unpaired) electrons. The van der Waals surface area contributed by atoms with Gasteiger partial charge >= 0.3 is 11.9 Å². The maximum absolute atomic E-state index is 12.6. The molecule has 1 aliphatic heterocycles. The minimum absolute atomic E-state index is 0.166. The van der Waals surface area contributed by atoms with Gasteiger partial charge in [-0.2, -0.15) is 0 Å². The predicted molar refractivity (Wildman–Crippen MR) is 131 cm³/mol. The maximum Gasteiger partial charge on any atom is 0.335 e. The molecule has 2 aromatic carbocycles. The van der Waals surface area contributed by atoms with Crippen LogP contribution < -0.4 is 0 Å². The van der Waals surface area contributed by atoms with Crippen LogP contribution in [0.15, 0.2) is 59.4 Å². The number of carbonyl (C=O) groups is 2. The number of aromatic carboxylic acids is 1. The van der Waals surface area contributed by atoms with Gasteiger partial charge in [0.1, 0.15) is 17.4 Å². The summed E-state index contributed by atoms with van der Waals surface area (Å²) in [6.07, 6.45) is 1.86. The molecule has 0 spiro atoms. The molecule has 5 rings (SSSR count). The first-order valence-corrected chi connectivity index (χ1v) is 11.8. The van der Waals surface area contributed by atoms with Gasteiger partial charge in [0.2, 0.25) is 0 Å². The fourth-order valence-electron chi connectivity index (χ4n) is 4.85. The Kier molecular flexibility index (Phi) is 6.53. The standard InChI is InChI=1S/C26H27N5O5/c1-17-22(28-36-27-17)16-29-9-11-30(12-10-29)24(26(34)35)21-15-31(14-18-5-3-2-4-6-18)23-13-19(25(32)33)7-8-20(21)23/h2-8,13,15,24H,9-12,14,16H2,1H3,(H,32,33)(H,34,35)/t24-/m1/s1. The van der Waals surface area contributed by atoms with Crippen LogP contribution in [0.2, 0.25) is 0 Å². The quantitative estimate of drug-likeness (QED) is 0.384. The number of fused-ring (bicyclic) bond motifs is 1. The highest BCUT2D eigenvalue weighted by molar-refractivity contribution is 5.96. The summed E-state index contributed by atoms with van der Waals surface area (Å²) in [5.41, 5.74) is 4.12. The van der Waals surface area contributed by atoms with E-state index in [1.54, 1.807) is 12.1 Å². The number of aromatic nitrogens is 3. The van der Waals surface area contributed by atoms with E-state index in [1.807, 2.05) is 52.9 Å². The minimum atomic E-state index is -1.02. The topological polar surface area (TPSA) is 125 Å². The second-order valence-electron chi connectivity index (χ2n) is 9.08. The van der Waals surface area contributed by atoms with E-state index in [9.17, 15) is 19.8 Å². The largest absolute Gasteiger partial charge is 0.480 e. The molecular formula is C26H27N5O5. The zero-order valence-electron chi connectivity index (χ0n) is 19.9. The normalized spacial score (nSPS) is 15.8. The second kappa shape index (κ2) is 9.92. The molecule has 1 atom stereocenters. The Labute approximate surface area is 207 Å². The van der Waals surface area contributed by atoms with Gasteiger partial charge in [-0.1, -0.05) is 46.7 Å². The van der Waals surface area contributed by atoms with Crippen molar-refractivity contribution in [3.8, 4) is 0 Å². The van der Waals surface area contributed by atoms with E-state index in [4.69, 9.17) is 4.63 Å². The van der Waals surface area contributed by atoms with Gasteiger partial charge in [0.05, 0.1) is 5.56 Å². The van der Waals surface area contributed by atoms with Gasteiger partial charge in [-0.3, -0.25) is 14.6 Å². The lowest BCUT2D eigenvalue weighted by atomic mass is 10.0. The average molecular weight is 490 g/mol. The lowest BCUT2D eigenvalue weighted by Gasteiger charge is -2.37. The molecule has 0 unspecified atom stereocenters. The number of carboxylic acids is 2. The second-order valence-corrected chi connectivity index (χ2v) is 9.08. The number of hydrogen-bond acceptors (Lipinski definition) is 7. The van der Waals surface area contributed by atoms with Gasteiger partial charge in [0.25, 0.3) is 0 Å². The summed E-state index contributed by atoms with van der Waals surface area (Å²) in [5, 5.41) is 28.4. The highest BCUT2D eigenvalue weighted by atomic mass is 16.6. The molecule has 4 aromatic rings. The van der Waals surface area contributed by atoms with Gasteiger partial charge in [-0.05, 0) is 24.6 Å². The smallest absolute Gasteiger partial charge is 0.335 e. The monoisotopic (exact) mass is 489 g/mol. The molecular weight excluding hydrogens is 462 g/mol. The van der Waals surface area contributed by atoms with Gasteiger partial charge in [-0.15, -0.1) is 0 Å². The van der Waals surface area contributed by atoms with Gasteiger partial charge in [0, 0.05) is 61.9 Å². The van der Waals surface area contributed by atoms with Crippen molar-refractivity contribution in [2.24, 2.45) is 0 Å². The maximum atomic E-state index is 12.6. The third kappa shape index (κ3) is 4.73. The van der Waals surface area contributed by atoms with Crippen molar-refractivity contribution in [1.82, 2.24) is 24.7 Å². The number of nitrogens with zero attached hydrogens (tertiary/aromatic N) is 5. The summed E-state index contributed by atoms with van der Waals surface area (Å²) in [4.78, 5) is 28.4. The minimum Gasteiger partial charge on any atom is -0.480 e. The molecule has 0 bridgehead atoms. The molecule has 36 heavy (non-hydrogen) atoms. The van der Waals surface area contributed by atoms with Crippen LogP contribution in [0.5, 0.6) is 0 Å². The van der Waals surface area contributed by atoms with E-state index in [2.05, 4.69) is 15.2 Å². The molecule has 3 heterocycles. The summed E-state index contributed by atoms with van der Waals surface area (Å²) in [5.74, 6) is -1.95. The van der Waals surface area contributed by atoms with Crippen LogP contribution in [-0.2, 0) is 17.9 Å². The molecule has 2 N–H and O–H groups in total. The Morgan fingerprint density at radius 3 is 2.39 bits per heavy atom. The molecule has 0 saturated carbocycles. The van der Waals surface area contributed by atoms with Crippen molar-refractivity contribution in [1.29, 1.82) is 0 Å². The molecule has 0 amide bonds. The molecule has 1 saturated heterocycles. The summed E-state index contributed by atoms with van der Waals surface area (Å²) in [6.45, 7) is 5.47. The average Bonchev–Trinajstić information content (AvgIpc) is 3.43. The molecule has 1 aliphatic rings. The zero-order chi connectivity index (χ0) is 25.2. The lowest BCUT2D eigenvalue weighted by Crippen LogP contribution is -2.48. The van der Waals surface area contributed by atoms with E-state index in [0.29, 0.717) is 50.3 Å². The number of hydrogen-bond donors (Lipinski definition) is 2. The van der Waals surface area contributed by atoms with Crippen LogP contribution in [0.3, 0.4) is 0 Å². The molecule has 10 nitrogen and oxygen atoms in total. The first-order valence-electron chi connectivity index (χ1n) is 11.8. The van der Waals surface area contributed by atoms with Crippen molar-refractivity contribution in [2.75, 3.05) is 26.2 Å². The third-order valence-electron chi connectivity index (χ3n) is 6.78. The summed E-state index contributed by atoms with van der Waals surface area (Å²) >= 11 is 0. The van der Waals surface area contributed by atoms with Crippen molar-refractivity contribution >= 4 is 22.8 Å². The zero-order valence-corrected chi connectivity index (χ0v) is 19.9. The summed E-state index contributed by atoms with van der Waals surface area (Å²) in [6, 6.07) is 13.8. The van der Waals surface area contributed by atoms with Gasteiger partial charge in [-0.25, -0.2) is 9.42 Å². The van der Waals surface area contributed by atoms with Crippen LogP contribution >= 0.6 is 0 Å². The van der Waals surface area contributed by atoms with Gasteiger partial charge < -0.3 is 14.8 Å².